The Morgan fingerprint density at radius 3 is 2.59 bits per heavy atom. The number of nitrogens with zero attached hydrogens (tertiary/aromatic N) is 2. The summed E-state index contributed by atoms with van der Waals surface area (Å²) in [6.45, 7) is 2.34. The molecule has 10 nitrogen and oxygen atoms in total. The normalized spacial score (nSPS) is 10.6. The van der Waals surface area contributed by atoms with E-state index in [9.17, 15) is 25.0 Å². The van der Waals surface area contributed by atoms with Crippen LogP contribution in [0.1, 0.15) is 29.3 Å². The molecule has 0 aliphatic heterocycles. The Bertz CT molecular complexity index is 1330. The summed E-state index contributed by atoms with van der Waals surface area (Å²) in [6.07, 6.45) is 2.76. The van der Waals surface area contributed by atoms with Crippen molar-refractivity contribution in [3.8, 4) is 17.6 Å². The summed E-state index contributed by atoms with van der Waals surface area (Å²) in [5.41, 5.74) is -1.09. The molecule has 0 saturated heterocycles. The van der Waals surface area contributed by atoms with Crippen molar-refractivity contribution in [1.82, 2.24) is 9.97 Å². The van der Waals surface area contributed by atoms with E-state index < -0.39 is 21.9 Å². The first-order valence-corrected chi connectivity index (χ1v) is 9.49. The second-order valence-electron chi connectivity index (χ2n) is 6.46. The lowest BCUT2D eigenvalue weighted by Crippen LogP contribution is -2.25. The molecule has 2 N–H and O–H groups in total. The van der Waals surface area contributed by atoms with Crippen LogP contribution in [0, 0.1) is 21.4 Å². The fraction of sp³-hybridized carbons (Fsp3) is 0.136. The van der Waals surface area contributed by atoms with Crippen molar-refractivity contribution in [3.05, 3.63) is 95.8 Å². The summed E-state index contributed by atoms with van der Waals surface area (Å²) in [7, 11) is 0. The number of aromatic nitrogens is 2. The van der Waals surface area contributed by atoms with Crippen molar-refractivity contribution in [1.29, 1.82) is 5.26 Å². The minimum Gasteiger partial charge on any atom is -0.490 e. The van der Waals surface area contributed by atoms with Gasteiger partial charge in [-0.1, -0.05) is 30.3 Å². The number of ether oxygens (including phenoxy) is 2. The molecule has 0 radical (unpaired) electrons. The molecular weight excluding hydrogens is 416 g/mol. The quantitative estimate of drug-likeness (QED) is 0.408. The van der Waals surface area contributed by atoms with Gasteiger partial charge in [0, 0.05) is 5.56 Å². The summed E-state index contributed by atoms with van der Waals surface area (Å²) < 4.78 is 11.5. The van der Waals surface area contributed by atoms with Gasteiger partial charge in [0.2, 0.25) is 0 Å². The first kappa shape index (κ1) is 22.0. The molecule has 0 amide bonds. The van der Waals surface area contributed by atoms with Gasteiger partial charge in [-0.2, -0.15) is 5.26 Å². The van der Waals surface area contributed by atoms with E-state index in [1.807, 2.05) is 18.0 Å². The number of H-pyrrole nitrogens is 2. The van der Waals surface area contributed by atoms with Crippen molar-refractivity contribution in [2.45, 2.75) is 13.5 Å². The van der Waals surface area contributed by atoms with Crippen LogP contribution in [0.2, 0.25) is 0 Å². The maximum Gasteiger partial charge on any atom is 0.357 e. The van der Waals surface area contributed by atoms with Crippen LogP contribution in [0.4, 0.5) is 5.69 Å². The number of benzene rings is 2. The van der Waals surface area contributed by atoms with Gasteiger partial charge < -0.3 is 14.5 Å². The van der Waals surface area contributed by atoms with Gasteiger partial charge >= 0.3 is 16.9 Å². The molecule has 3 aromatic rings. The molecule has 0 bridgehead atoms. The Balaban J connectivity index is 1.88. The minimum absolute atomic E-state index is 0.166. The van der Waals surface area contributed by atoms with E-state index in [2.05, 4.69) is 11.1 Å². The topological polar surface area (TPSA) is 151 Å². The summed E-state index contributed by atoms with van der Waals surface area (Å²) in [5, 5.41) is 20.4. The molecule has 10 heteroatoms. The Morgan fingerprint density at radius 1 is 1.09 bits per heavy atom. The molecule has 3 rings (SSSR count). The molecule has 162 valence electrons. The molecule has 32 heavy (non-hydrogen) atoms. The zero-order valence-corrected chi connectivity index (χ0v) is 17.0. The van der Waals surface area contributed by atoms with E-state index in [4.69, 9.17) is 9.47 Å². The number of hydrogen-bond donors (Lipinski definition) is 2. The second kappa shape index (κ2) is 9.90. The van der Waals surface area contributed by atoms with Crippen molar-refractivity contribution >= 4 is 17.8 Å². The lowest BCUT2D eigenvalue weighted by molar-refractivity contribution is -0.386. The summed E-state index contributed by atoms with van der Waals surface area (Å²) in [5.74, 6) is 0.880. The molecule has 2 aromatic carbocycles. The van der Waals surface area contributed by atoms with E-state index in [0.717, 1.165) is 5.56 Å². The van der Waals surface area contributed by atoms with Gasteiger partial charge in [0.1, 0.15) is 12.3 Å². The molecule has 0 saturated carbocycles. The third kappa shape index (κ3) is 5.09. The van der Waals surface area contributed by atoms with E-state index >= 15 is 0 Å². The fourth-order valence-electron chi connectivity index (χ4n) is 2.91. The zero-order chi connectivity index (χ0) is 23.1. The van der Waals surface area contributed by atoms with Crippen LogP contribution in [0.3, 0.4) is 0 Å². The fourth-order valence-corrected chi connectivity index (χ4v) is 2.91. The Morgan fingerprint density at radius 2 is 1.88 bits per heavy atom. The van der Waals surface area contributed by atoms with Crippen LogP contribution in [-0.4, -0.2) is 21.5 Å². The van der Waals surface area contributed by atoms with Gasteiger partial charge in [-0.3, -0.25) is 19.9 Å². The van der Waals surface area contributed by atoms with Gasteiger partial charge in [0.15, 0.2) is 11.5 Å². The third-order valence-electron chi connectivity index (χ3n) is 4.36. The van der Waals surface area contributed by atoms with Crippen molar-refractivity contribution in [2.75, 3.05) is 6.61 Å². The second-order valence-corrected chi connectivity index (χ2v) is 6.46. The summed E-state index contributed by atoms with van der Waals surface area (Å²) in [6, 6.07) is 14.2. The van der Waals surface area contributed by atoms with Crippen LogP contribution in [0.5, 0.6) is 11.5 Å². The van der Waals surface area contributed by atoms with E-state index in [1.165, 1.54) is 12.2 Å². The molecule has 0 aliphatic rings. The SMILES string of the molecule is CCOc1cc(C=Cc2[nH]c(=O)[nH]c(=O)c2[N+](=O)[O-])ccc1OCc1ccccc1C#N. The van der Waals surface area contributed by atoms with Gasteiger partial charge in [-0.05, 0) is 36.8 Å². The monoisotopic (exact) mass is 434 g/mol. The Labute approximate surface area is 181 Å². The van der Waals surface area contributed by atoms with Crippen molar-refractivity contribution in [2.24, 2.45) is 0 Å². The van der Waals surface area contributed by atoms with E-state index in [0.29, 0.717) is 29.2 Å². The molecule has 0 atom stereocenters. The minimum atomic E-state index is -1.09. The highest BCUT2D eigenvalue weighted by atomic mass is 16.6. The van der Waals surface area contributed by atoms with E-state index in [-0.39, 0.29) is 12.3 Å². The number of nitrogens with one attached hydrogen (secondary N) is 2. The predicted octanol–water partition coefficient (Wildman–Crippen LogP) is 2.99. The highest BCUT2D eigenvalue weighted by molar-refractivity contribution is 5.72. The summed E-state index contributed by atoms with van der Waals surface area (Å²) >= 11 is 0. The number of hydrogen-bond acceptors (Lipinski definition) is 7. The highest BCUT2D eigenvalue weighted by Gasteiger charge is 2.18. The molecule has 0 spiro atoms. The average Bonchev–Trinajstić information content (AvgIpc) is 2.76. The lowest BCUT2D eigenvalue weighted by Gasteiger charge is -2.13. The van der Waals surface area contributed by atoms with Gasteiger partial charge in [-0.15, -0.1) is 0 Å². The smallest absolute Gasteiger partial charge is 0.357 e. The highest BCUT2D eigenvalue weighted by Crippen LogP contribution is 2.30. The average molecular weight is 434 g/mol. The van der Waals surface area contributed by atoms with Crippen LogP contribution < -0.4 is 20.7 Å². The van der Waals surface area contributed by atoms with Crippen molar-refractivity contribution in [3.63, 3.8) is 0 Å². The number of nitro groups is 1. The number of rotatable bonds is 8. The summed E-state index contributed by atoms with van der Waals surface area (Å²) in [4.78, 5) is 37.6. The number of nitriles is 1. The van der Waals surface area contributed by atoms with Crippen LogP contribution in [0.15, 0.2) is 52.1 Å². The van der Waals surface area contributed by atoms with Crippen LogP contribution >= 0.6 is 0 Å². The maximum atomic E-state index is 11.7. The van der Waals surface area contributed by atoms with Crippen LogP contribution in [0.25, 0.3) is 12.2 Å². The lowest BCUT2D eigenvalue weighted by atomic mass is 10.1. The third-order valence-corrected chi connectivity index (χ3v) is 4.36. The Kier molecular flexibility index (Phi) is 6.82. The molecule has 0 fully saturated rings. The molecule has 1 heterocycles. The first-order chi connectivity index (χ1) is 15.4. The largest absolute Gasteiger partial charge is 0.490 e. The van der Waals surface area contributed by atoms with Crippen molar-refractivity contribution < 1.29 is 14.4 Å². The predicted molar refractivity (Wildman–Crippen MR) is 116 cm³/mol. The van der Waals surface area contributed by atoms with Gasteiger partial charge in [0.25, 0.3) is 0 Å². The van der Waals surface area contributed by atoms with Gasteiger partial charge in [-0.25, -0.2) is 4.79 Å². The first-order valence-electron chi connectivity index (χ1n) is 9.49. The van der Waals surface area contributed by atoms with E-state index in [1.54, 1.807) is 36.4 Å². The zero-order valence-electron chi connectivity index (χ0n) is 17.0. The molecule has 0 aliphatic carbocycles. The maximum absolute atomic E-state index is 11.7. The van der Waals surface area contributed by atoms with Crippen LogP contribution in [-0.2, 0) is 6.61 Å². The molecule has 0 unspecified atom stereocenters. The van der Waals surface area contributed by atoms with Gasteiger partial charge in [0.05, 0.1) is 23.2 Å². The standard InChI is InChI=1S/C22H18N4O6/c1-2-31-19-11-14(7-9-17-20(26(29)30)21(27)25-22(28)24-17)8-10-18(19)32-13-16-6-4-3-5-15(16)12-23/h3-11H,2,13H2,1H3,(H2,24,25,27,28). The molecular formula is C22H18N4O6. The molecule has 1 aromatic heterocycles. The number of aromatic amines is 2. The Hall–Kier alpha value is -4.65.